The number of hydrogen-bond donors (Lipinski definition) is 0. The van der Waals surface area contributed by atoms with E-state index in [1.54, 1.807) is 0 Å². The zero-order valence-electron chi connectivity index (χ0n) is 15.6. The summed E-state index contributed by atoms with van der Waals surface area (Å²) in [4.78, 5) is 2.61. The van der Waals surface area contributed by atoms with Crippen molar-refractivity contribution in [3.63, 3.8) is 0 Å². The minimum atomic E-state index is 0.613. The Bertz CT molecular complexity index is 894. The van der Waals surface area contributed by atoms with E-state index in [4.69, 9.17) is 23.2 Å². The van der Waals surface area contributed by atoms with Crippen molar-refractivity contribution in [1.82, 2.24) is 9.47 Å². The lowest BCUT2D eigenvalue weighted by molar-refractivity contribution is 0.208. The molecule has 0 spiro atoms. The summed E-state index contributed by atoms with van der Waals surface area (Å²) in [5.41, 5.74) is 2.68. The van der Waals surface area contributed by atoms with Crippen LogP contribution >= 0.6 is 23.2 Å². The molecule has 4 rings (SSSR count). The van der Waals surface area contributed by atoms with Crippen LogP contribution in [0.25, 0.3) is 10.9 Å². The monoisotopic (exact) mass is 400 g/mol. The minimum absolute atomic E-state index is 0.613. The second-order valence-electron chi connectivity index (χ2n) is 7.56. The zero-order valence-corrected chi connectivity index (χ0v) is 17.1. The average Bonchev–Trinajstić information content (AvgIpc) is 3.11. The van der Waals surface area contributed by atoms with Gasteiger partial charge in [0.25, 0.3) is 0 Å². The number of likely N-dealkylation sites (tertiary alicyclic amines) is 1. The summed E-state index contributed by atoms with van der Waals surface area (Å²) in [5, 5.41) is 2.66. The van der Waals surface area contributed by atoms with E-state index in [0.717, 1.165) is 6.54 Å². The standard InChI is InChI=1S/C23H26Cl2N2/c24-21-8-7-20(17-22(21)25)18-9-14-26(15-10-18)12-3-4-13-27-16-11-19-5-1-2-6-23(19)27/h1-2,5-8,11,16-18H,3-4,9-10,12-15H2. The molecule has 0 aliphatic carbocycles. The molecule has 2 aromatic carbocycles. The van der Waals surface area contributed by atoms with Crippen molar-refractivity contribution in [2.45, 2.75) is 38.1 Å². The molecule has 0 amide bonds. The first-order chi connectivity index (χ1) is 13.2. The lowest BCUT2D eigenvalue weighted by Gasteiger charge is -2.32. The number of halogens is 2. The first kappa shape index (κ1) is 18.9. The van der Waals surface area contributed by atoms with Crippen LogP contribution in [0.15, 0.2) is 54.7 Å². The molecule has 0 unspecified atom stereocenters. The van der Waals surface area contributed by atoms with E-state index in [9.17, 15) is 0 Å². The smallest absolute Gasteiger partial charge is 0.0595 e. The number of aromatic nitrogens is 1. The molecule has 1 aliphatic heterocycles. The first-order valence-corrected chi connectivity index (χ1v) is 10.7. The molecule has 0 N–H and O–H groups in total. The minimum Gasteiger partial charge on any atom is -0.347 e. The number of unbranched alkanes of at least 4 members (excludes halogenated alkanes) is 1. The zero-order chi connectivity index (χ0) is 18.6. The van der Waals surface area contributed by atoms with Crippen molar-refractivity contribution < 1.29 is 0 Å². The van der Waals surface area contributed by atoms with Gasteiger partial charge in [-0.05, 0) is 86.5 Å². The van der Waals surface area contributed by atoms with Crippen LogP contribution in [-0.2, 0) is 6.54 Å². The molecular formula is C23H26Cl2N2. The maximum atomic E-state index is 6.18. The number of nitrogens with zero attached hydrogens (tertiary/aromatic N) is 2. The number of aryl methyl sites for hydroxylation is 1. The van der Waals surface area contributed by atoms with Crippen molar-refractivity contribution in [3.8, 4) is 0 Å². The van der Waals surface area contributed by atoms with Gasteiger partial charge >= 0.3 is 0 Å². The Morgan fingerprint density at radius 2 is 1.63 bits per heavy atom. The molecule has 27 heavy (non-hydrogen) atoms. The number of para-hydroxylation sites is 1. The summed E-state index contributed by atoms with van der Waals surface area (Å²) >= 11 is 12.2. The molecule has 0 radical (unpaired) electrons. The highest BCUT2D eigenvalue weighted by atomic mass is 35.5. The van der Waals surface area contributed by atoms with Gasteiger partial charge in [0.1, 0.15) is 0 Å². The molecule has 4 heteroatoms. The number of hydrogen-bond acceptors (Lipinski definition) is 1. The number of benzene rings is 2. The lowest BCUT2D eigenvalue weighted by atomic mass is 9.89. The highest BCUT2D eigenvalue weighted by Gasteiger charge is 2.20. The molecule has 2 nitrogen and oxygen atoms in total. The van der Waals surface area contributed by atoms with Crippen molar-refractivity contribution in [2.75, 3.05) is 19.6 Å². The van der Waals surface area contributed by atoms with Gasteiger partial charge in [-0.2, -0.15) is 0 Å². The first-order valence-electron chi connectivity index (χ1n) is 9.92. The van der Waals surface area contributed by atoms with E-state index in [0.29, 0.717) is 16.0 Å². The third kappa shape index (κ3) is 4.51. The Kier molecular flexibility index (Phi) is 6.07. The highest BCUT2D eigenvalue weighted by molar-refractivity contribution is 6.42. The second-order valence-corrected chi connectivity index (χ2v) is 8.38. The van der Waals surface area contributed by atoms with Crippen LogP contribution in [-0.4, -0.2) is 29.1 Å². The van der Waals surface area contributed by atoms with E-state index < -0.39 is 0 Å². The highest BCUT2D eigenvalue weighted by Crippen LogP contribution is 2.32. The molecule has 3 aromatic rings. The van der Waals surface area contributed by atoms with Crippen molar-refractivity contribution in [3.05, 3.63) is 70.3 Å². The van der Waals surface area contributed by atoms with Crippen LogP contribution in [0.4, 0.5) is 0 Å². The van der Waals surface area contributed by atoms with Gasteiger partial charge in [-0.3, -0.25) is 0 Å². The Morgan fingerprint density at radius 1 is 0.852 bits per heavy atom. The van der Waals surface area contributed by atoms with Crippen LogP contribution < -0.4 is 0 Å². The predicted octanol–water partition coefficient (Wildman–Crippen LogP) is 6.61. The van der Waals surface area contributed by atoms with E-state index in [1.807, 2.05) is 12.1 Å². The summed E-state index contributed by atoms with van der Waals surface area (Å²) in [6, 6.07) is 16.9. The largest absolute Gasteiger partial charge is 0.347 e. The summed E-state index contributed by atoms with van der Waals surface area (Å²) in [6.45, 7) is 4.66. The molecule has 1 aromatic heterocycles. The van der Waals surface area contributed by atoms with Crippen molar-refractivity contribution >= 4 is 34.1 Å². The Labute approximate surface area is 171 Å². The second kappa shape index (κ2) is 8.68. The molecular weight excluding hydrogens is 375 g/mol. The Balaban J connectivity index is 1.21. The molecule has 2 heterocycles. The maximum absolute atomic E-state index is 6.18. The molecule has 0 saturated carbocycles. The van der Waals surface area contributed by atoms with Gasteiger partial charge in [0.15, 0.2) is 0 Å². The van der Waals surface area contributed by atoms with Crippen LogP contribution in [0, 0.1) is 0 Å². The Hall–Kier alpha value is -1.48. The molecule has 1 saturated heterocycles. The fourth-order valence-corrected chi connectivity index (χ4v) is 4.52. The van der Waals surface area contributed by atoms with Gasteiger partial charge in [-0.25, -0.2) is 0 Å². The van der Waals surface area contributed by atoms with Crippen LogP contribution in [0.5, 0.6) is 0 Å². The number of fused-ring (bicyclic) bond motifs is 1. The summed E-state index contributed by atoms with van der Waals surface area (Å²) in [7, 11) is 0. The lowest BCUT2D eigenvalue weighted by Crippen LogP contribution is -2.33. The third-order valence-corrected chi connectivity index (χ3v) is 6.55. The van der Waals surface area contributed by atoms with Gasteiger partial charge < -0.3 is 9.47 Å². The van der Waals surface area contributed by atoms with E-state index in [1.165, 1.54) is 61.8 Å². The van der Waals surface area contributed by atoms with Crippen LogP contribution in [0.3, 0.4) is 0 Å². The van der Waals surface area contributed by atoms with Gasteiger partial charge in [0.2, 0.25) is 0 Å². The van der Waals surface area contributed by atoms with E-state index in [2.05, 4.69) is 52.1 Å². The van der Waals surface area contributed by atoms with Gasteiger partial charge in [0.05, 0.1) is 10.0 Å². The van der Waals surface area contributed by atoms with Gasteiger partial charge in [0, 0.05) is 18.3 Å². The molecule has 1 fully saturated rings. The topological polar surface area (TPSA) is 8.17 Å². The van der Waals surface area contributed by atoms with Crippen LogP contribution in [0.1, 0.15) is 37.2 Å². The number of rotatable bonds is 6. The predicted molar refractivity (Wildman–Crippen MR) is 116 cm³/mol. The molecule has 0 atom stereocenters. The third-order valence-electron chi connectivity index (χ3n) is 5.81. The number of piperidine rings is 1. The summed E-state index contributed by atoms with van der Waals surface area (Å²) < 4.78 is 2.38. The fourth-order valence-electron chi connectivity index (χ4n) is 4.21. The van der Waals surface area contributed by atoms with Gasteiger partial charge in [-0.1, -0.05) is 47.5 Å². The Morgan fingerprint density at radius 3 is 2.44 bits per heavy atom. The van der Waals surface area contributed by atoms with Crippen LogP contribution in [0.2, 0.25) is 10.0 Å². The molecule has 0 bridgehead atoms. The molecule has 142 valence electrons. The van der Waals surface area contributed by atoms with Crippen molar-refractivity contribution in [2.24, 2.45) is 0 Å². The summed E-state index contributed by atoms with van der Waals surface area (Å²) in [6.07, 6.45) is 7.11. The maximum Gasteiger partial charge on any atom is 0.0595 e. The van der Waals surface area contributed by atoms with Crippen molar-refractivity contribution in [1.29, 1.82) is 0 Å². The average molecular weight is 401 g/mol. The van der Waals surface area contributed by atoms with E-state index >= 15 is 0 Å². The SMILES string of the molecule is Clc1ccc(C2CCN(CCCCn3ccc4ccccc43)CC2)cc1Cl. The van der Waals surface area contributed by atoms with Gasteiger partial charge in [-0.15, -0.1) is 0 Å². The fraction of sp³-hybridized carbons (Fsp3) is 0.391. The normalized spacial score (nSPS) is 16.2. The molecule has 1 aliphatic rings. The van der Waals surface area contributed by atoms with E-state index in [-0.39, 0.29) is 0 Å². The summed E-state index contributed by atoms with van der Waals surface area (Å²) in [5.74, 6) is 0.613. The quantitative estimate of drug-likeness (QED) is 0.422.